The van der Waals surface area contributed by atoms with Gasteiger partial charge in [-0.15, -0.1) is 0 Å². The highest BCUT2D eigenvalue weighted by atomic mass is 16.4. The Morgan fingerprint density at radius 2 is 2.15 bits per heavy atom. The van der Waals surface area contributed by atoms with Gasteiger partial charge in [0, 0.05) is 7.05 Å². The first-order chi connectivity index (χ1) is 5.99. The molecule has 0 radical (unpaired) electrons. The molecule has 0 spiro atoms. The molecule has 0 fully saturated rings. The van der Waals surface area contributed by atoms with Crippen LogP contribution in [-0.2, 0) is 4.79 Å². The first-order valence-electron chi connectivity index (χ1n) is 4.35. The van der Waals surface area contributed by atoms with Crippen LogP contribution in [0.5, 0.6) is 0 Å². The van der Waals surface area contributed by atoms with Gasteiger partial charge < -0.3 is 20.7 Å². The van der Waals surface area contributed by atoms with Gasteiger partial charge in [-0.3, -0.25) is 4.79 Å². The summed E-state index contributed by atoms with van der Waals surface area (Å²) >= 11 is 0. The molecule has 0 saturated carbocycles. The quantitative estimate of drug-likeness (QED) is 0.462. The fraction of sp³-hybridized carbons (Fsp3) is 0.857. The summed E-state index contributed by atoms with van der Waals surface area (Å²) in [6.45, 7) is 1.94. The third kappa shape index (κ3) is 4.87. The van der Waals surface area contributed by atoms with Gasteiger partial charge >= 0.3 is 7.12 Å². The van der Waals surface area contributed by atoms with Crippen molar-refractivity contribution in [3.05, 3.63) is 0 Å². The number of nitrogens with two attached hydrogens (primary N) is 1. The van der Waals surface area contributed by atoms with Crippen LogP contribution in [0.15, 0.2) is 0 Å². The fourth-order valence-corrected chi connectivity index (χ4v) is 1.05. The molecule has 0 aromatic carbocycles. The van der Waals surface area contributed by atoms with E-state index in [1.54, 1.807) is 0 Å². The van der Waals surface area contributed by atoms with E-state index < -0.39 is 13.2 Å². The normalized spacial score (nSPS) is 12.4. The van der Waals surface area contributed by atoms with Crippen molar-refractivity contribution in [2.75, 3.05) is 13.5 Å². The molecule has 6 heteroatoms. The average molecular weight is 188 g/mol. The number of carbonyl (C=O) groups is 1. The molecule has 1 amide bonds. The molecule has 0 bridgehead atoms. The second-order valence-electron chi connectivity index (χ2n) is 3.09. The number of hydrogen-bond acceptors (Lipinski definition) is 4. The zero-order valence-electron chi connectivity index (χ0n) is 8.10. The molecular formula is C7H17BN2O3. The van der Waals surface area contributed by atoms with Crippen molar-refractivity contribution in [1.82, 2.24) is 4.90 Å². The van der Waals surface area contributed by atoms with Crippen LogP contribution in [0.2, 0.25) is 0 Å². The van der Waals surface area contributed by atoms with Crippen molar-refractivity contribution in [3.8, 4) is 0 Å². The summed E-state index contributed by atoms with van der Waals surface area (Å²) < 4.78 is 0. The standard InChI is InChI=1S/C7H17BN2O3/c1-3-4-6(9)7(11)10(2)5-8(12)13/h6,12-13H,3-5,9H2,1-2H3/t6-/m0/s1. The maximum Gasteiger partial charge on any atom is 0.472 e. The number of amides is 1. The highest BCUT2D eigenvalue weighted by molar-refractivity contribution is 6.41. The number of hydrogen-bond donors (Lipinski definition) is 3. The third-order valence-corrected chi connectivity index (χ3v) is 1.73. The molecule has 0 aromatic rings. The van der Waals surface area contributed by atoms with Crippen LogP contribution in [-0.4, -0.2) is 47.5 Å². The van der Waals surface area contributed by atoms with E-state index >= 15 is 0 Å². The summed E-state index contributed by atoms with van der Waals surface area (Å²) in [6.07, 6.45) is 1.35. The minimum absolute atomic E-state index is 0.101. The lowest BCUT2D eigenvalue weighted by Crippen LogP contribution is -2.45. The molecule has 76 valence electrons. The summed E-state index contributed by atoms with van der Waals surface area (Å²) in [7, 11) is -0.000114. The van der Waals surface area contributed by atoms with Crippen LogP contribution in [0.3, 0.4) is 0 Å². The van der Waals surface area contributed by atoms with Gasteiger partial charge in [-0.1, -0.05) is 13.3 Å². The predicted octanol–water partition coefficient (Wildman–Crippen LogP) is -1.42. The molecule has 1 atom stereocenters. The Kier molecular flexibility index (Phi) is 5.69. The van der Waals surface area contributed by atoms with Crippen LogP contribution < -0.4 is 5.73 Å². The third-order valence-electron chi connectivity index (χ3n) is 1.73. The van der Waals surface area contributed by atoms with Crippen LogP contribution in [0, 0.1) is 0 Å². The Morgan fingerprint density at radius 1 is 1.62 bits per heavy atom. The van der Waals surface area contributed by atoms with Gasteiger partial charge in [-0.25, -0.2) is 0 Å². The van der Waals surface area contributed by atoms with E-state index in [0.29, 0.717) is 6.42 Å². The minimum atomic E-state index is -1.50. The van der Waals surface area contributed by atoms with Crippen molar-refractivity contribution in [1.29, 1.82) is 0 Å². The summed E-state index contributed by atoms with van der Waals surface area (Å²) in [5.41, 5.74) is 5.55. The lowest BCUT2D eigenvalue weighted by molar-refractivity contribution is -0.130. The SMILES string of the molecule is CCC[C@H](N)C(=O)N(C)CB(O)O. The molecule has 0 aliphatic carbocycles. The van der Waals surface area contributed by atoms with Gasteiger partial charge in [0.1, 0.15) is 0 Å². The zero-order valence-corrected chi connectivity index (χ0v) is 8.10. The summed E-state index contributed by atoms with van der Waals surface area (Å²) in [5, 5.41) is 17.2. The maximum absolute atomic E-state index is 11.3. The lowest BCUT2D eigenvalue weighted by atomic mass is 9.91. The topological polar surface area (TPSA) is 86.8 Å². The van der Waals surface area contributed by atoms with Crippen molar-refractivity contribution in [2.45, 2.75) is 25.8 Å². The first-order valence-corrected chi connectivity index (χ1v) is 4.35. The Hall–Kier alpha value is -0.585. The second kappa shape index (κ2) is 5.96. The van der Waals surface area contributed by atoms with E-state index in [1.807, 2.05) is 6.92 Å². The van der Waals surface area contributed by atoms with Gasteiger partial charge in [0.2, 0.25) is 5.91 Å². The molecule has 5 nitrogen and oxygen atoms in total. The Bertz CT molecular complexity index is 166. The fourth-order valence-electron chi connectivity index (χ4n) is 1.05. The molecule has 0 heterocycles. The van der Waals surface area contributed by atoms with Crippen LogP contribution in [0.25, 0.3) is 0 Å². The van der Waals surface area contributed by atoms with Crippen molar-refractivity contribution >= 4 is 13.0 Å². The van der Waals surface area contributed by atoms with E-state index in [-0.39, 0.29) is 12.4 Å². The monoisotopic (exact) mass is 188 g/mol. The summed E-state index contributed by atoms with van der Waals surface area (Å²) in [6, 6.07) is -0.534. The predicted molar refractivity (Wildman–Crippen MR) is 50.7 cm³/mol. The zero-order chi connectivity index (χ0) is 10.4. The van der Waals surface area contributed by atoms with Crippen molar-refractivity contribution < 1.29 is 14.8 Å². The van der Waals surface area contributed by atoms with E-state index in [1.165, 1.54) is 11.9 Å². The maximum atomic E-state index is 11.3. The molecule has 0 rings (SSSR count). The molecule has 0 aliphatic rings. The lowest BCUT2D eigenvalue weighted by Gasteiger charge is -2.20. The van der Waals surface area contributed by atoms with Gasteiger partial charge in [-0.05, 0) is 6.42 Å². The van der Waals surface area contributed by atoms with Crippen molar-refractivity contribution in [2.24, 2.45) is 5.73 Å². The Morgan fingerprint density at radius 3 is 2.54 bits per heavy atom. The first kappa shape index (κ1) is 12.4. The number of nitrogens with zero attached hydrogens (tertiary/aromatic N) is 1. The smallest absolute Gasteiger partial charge is 0.426 e. The number of likely N-dealkylation sites (N-methyl/N-ethyl adjacent to an activating group) is 1. The van der Waals surface area contributed by atoms with Crippen LogP contribution in [0.1, 0.15) is 19.8 Å². The van der Waals surface area contributed by atoms with Gasteiger partial charge in [0.05, 0.1) is 12.5 Å². The molecule has 0 unspecified atom stereocenters. The van der Waals surface area contributed by atoms with E-state index in [4.69, 9.17) is 15.8 Å². The Balaban J connectivity index is 3.94. The summed E-state index contributed by atoms with van der Waals surface area (Å²) in [5.74, 6) is -0.255. The highest BCUT2D eigenvalue weighted by Crippen LogP contribution is 1.97. The number of carbonyl (C=O) groups excluding carboxylic acids is 1. The molecule has 0 aliphatic heterocycles. The van der Waals surface area contributed by atoms with E-state index in [9.17, 15) is 4.79 Å². The molecule has 13 heavy (non-hydrogen) atoms. The van der Waals surface area contributed by atoms with E-state index in [2.05, 4.69) is 0 Å². The van der Waals surface area contributed by atoms with Crippen LogP contribution in [0.4, 0.5) is 0 Å². The van der Waals surface area contributed by atoms with Crippen LogP contribution >= 0.6 is 0 Å². The average Bonchev–Trinajstić information content (AvgIpc) is 2.02. The Labute approximate surface area is 78.7 Å². The largest absolute Gasteiger partial charge is 0.472 e. The summed E-state index contributed by atoms with van der Waals surface area (Å²) in [4.78, 5) is 12.6. The molecular weight excluding hydrogens is 171 g/mol. The van der Waals surface area contributed by atoms with Gasteiger partial charge in [0.25, 0.3) is 0 Å². The second-order valence-corrected chi connectivity index (χ2v) is 3.09. The van der Waals surface area contributed by atoms with Gasteiger partial charge in [-0.2, -0.15) is 0 Å². The minimum Gasteiger partial charge on any atom is -0.426 e. The van der Waals surface area contributed by atoms with Gasteiger partial charge in [0.15, 0.2) is 0 Å². The molecule has 0 aromatic heterocycles. The molecule has 0 saturated heterocycles. The molecule has 4 N–H and O–H groups in total. The van der Waals surface area contributed by atoms with Crippen molar-refractivity contribution in [3.63, 3.8) is 0 Å². The van der Waals surface area contributed by atoms with E-state index in [0.717, 1.165) is 6.42 Å². The highest BCUT2D eigenvalue weighted by Gasteiger charge is 2.20. The number of rotatable bonds is 5.